The lowest BCUT2D eigenvalue weighted by Gasteiger charge is -2.30. The first-order valence-electron chi connectivity index (χ1n) is 7.03. The van der Waals surface area contributed by atoms with Crippen LogP contribution in [0.1, 0.15) is 12.8 Å². The van der Waals surface area contributed by atoms with E-state index in [1.54, 1.807) is 20.4 Å². The summed E-state index contributed by atoms with van der Waals surface area (Å²) >= 11 is 0. The fraction of sp³-hybridized carbons (Fsp3) is 0.467. The topological polar surface area (TPSA) is 67.7 Å². The Bertz CT molecular complexity index is 639. The molecule has 0 unspecified atom stereocenters. The molecule has 2 heterocycles. The molecule has 0 radical (unpaired) electrons. The molecule has 1 aliphatic rings. The lowest BCUT2D eigenvalue weighted by Crippen LogP contribution is -2.36. The van der Waals surface area contributed by atoms with Gasteiger partial charge in [0.2, 0.25) is 0 Å². The van der Waals surface area contributed by atoms with Crippen LogP contribution in [0.4, 0.5) is 5.82 Å². The summed E-state index contributed by atoms with van der Waals surface area (Å²) in [5.41, 5.74) is 0. The number of hydrogen-bond donors (Lipinski definition) is 1. The van der Waals surface area contributed by atoms with Gasteiger partial charge in [0.15, 0.2) is 17.3 Å². The summed E-state index contributed by atoms with van der Waals surface area (Å²) in [6.07, 6.45) is 3.02. The van der Waals surface area contributed by atoms with Crippen LogP contribution in [0.2, 0.25) is 0 Å². The molecule has 0 bridgehead atoms. The smallest absolute Gasteiger partial charge is 0.161 e. The highest BCUT2D eigenvalue weighted by Crippen LogP contribution is 2.35. The summed E-state index contributed by atoms with van der Waals surface area (Å²) in [6.45, 7) is 1.56. The van der Waals surface area contributed by atoms with Crippen LogP contribution in [0.3, 0.4) is 0 Å². The molecule has 3 rings (SSSR count). The summed E-state index contributed by atoms with van der Waals surface area (Å²) in [5, 5.41) is 20.0. The van der Waals surface area contributed by atoms with Gasteiger partial charge < -0.3 is 19.5 Å². The van der Waals surface area contributed by atoms with E-state index in [1.165, 1.54) is 0 Å². The number of hydrogen-bond acceptors (Lipinski definition) is 6. The van der Waals surface area contributed by atoms with Crippen LogP contribution >= 0.6 is 0 Å². The van der Waals surface area contributed by atoms with Crippen molar-refractivity contribution in [1.82, 2.24) is 10.2 Å². The van der Waals surface area contributed by atoms with Crippen LogP contribution in [-0.4, -0.2) is 48.7 Å². The molecule has 6 nitrogen and oxygen atoms in total. The predicted octanol–water partition coefficient (Wildman–Crippen LogP) is 1.61. The average Bonchev–Trinajstić information content (AvgIpc) is 2.53. The van der Waals surface area contributed by atoms with Crippen molar-refractivity contribution < 1.29 is 14.6 Å². The predicted molar refractivity (Wildman–Crippen MR) is 80.1 cm³/mol. The highest BCUT2D eigenvalue weighted by molar-refractivity contribution is 5.94. The normalized spacial score (nSPS) is 16.2. The van der Waals surface area contributed by atoms with Gasteiger partial charge in [-0.15, -0.1) is 5.10 Å². The Morgan fingerprint density at radius 1 is 1.14 bits per heavy atom. The molecule has 1 aliphatic heterocycles. The summed E-state index contributed by atoms with van der Waals surface area (Å²) in [5.74, 6) is 2.19. The molecule has 0 spiro atoms. The molecule has 1 aromatic carbocycles. The zero-order chi connectivity index (χ0) is 14.8. The second-order valence-corrected chi connectivity index (χ2v) is 5.18. The molecule has 0 atom stereocenters. The van der Waals surface area contributed by atoms with E-state index in [1.807, 2.05) is 12.1 Å². The van der Waals surface area contributed by atoms with Gasteiger partial charge in [-0.3, -0.25) is 0 Å². The highest BCUT2D eigenvalue weighted by Gasteiger charge is 2.21. The van der Waals surface area contributed by atoms with E-state index in [-0.39, 0.29) is 6.10 Å². The number of aliphatic hydroxyl groups is 1. The van der Waals surface area contributed by atoms with Gasteiger partial charge in [-0.1, -0.05) is 0 Å². The number of aliphatic hydroxyl groups excluding tert-OH is 1. The van der Waals surface area contributed by atoms with Crippen molar-refractivity contribution in [3.05, 3.63) is 18.3 Å². The van der Waals surface area contributed by atoms with Crippen molar-refractivity contribution in [2.45, 2.75) is 18.9 Å². The number of methoxy groups -OCH3 is 2. The van der Waals surface area contributed by atoms with E-state index in [9.17, 15) is 5.11 Å². The number of anilines is 1. The fourth-order valence-corrected chi connectivity index (χ4v) is 2.71. The third-order valence-corrected chi connectivity index (χ3v) is 3.91. The number of ether oxygens (including phenoxy) is 2. The first-order valence-corrected chi connectivity index (χ1v) is 7.03. The van der Waals surface area contributed by atoms with E-state index < -0.39 is 0 Å². The largest absolute Gasteiger partial charge is 0.493 e. The Morgan fingerprint density at radius 3 is 2.48 bits per heavy atom. The van der Waals surface area contributed by atoms with Crippen LogP contribution < -0.4 is 14.4 Å². The zero-order valence-electron chi connectivity index (χ0n) is 12.2. The molecule has 6 heteroatoms. The first-order chi connectivity index (χ1) is 10.2. The van der Waals surface area contributed by atoms with Crippen LogP contribution in [0.25, 0.3) is 10.8 Å². The molecule has 0 saturated carbocycles. The number of aromatic nitrogens is 2. The van der Waals surface area contributed by atoms with E-state index in [0.717, 1.165) is 42.5 Å². The van der Waals surface area contributed by atoms with Crippen molar-refractivity contribution in [3.63, 3.8) is 0 Å². The van der Waals surface area contributed by atoms with Crippen molar-refractivity contribution in [2.24, 2.45) is 0 Å². The summed E-state index contributed by atoms with van der Waals surface area (Å²) in [4.78, 5) is 2.16. The van der Waals surface area contributed by atoms with Crippen molar-refractivity contribution in [2.75, 3.05) is 32.2 Å². The Labute approximate surface area is 123 Å². The standard InChI is InChI=1S/C15H19N3O3/c1-20-13-7-10-9-16-17-15(12(10)8-14(13)21-2)18-5-3-11(19)4-6-18/h7-9,11,19H,3-6H2,1-2H3. The molecule has 1 aromatic heterocycles. The maximum atomic E-state index is 9.64. The highest BCUT2D eigenvalue weighted by atomic mass is 16.5. The van der Waals surface area contributed by atoms with Gasteiger partial charge in [-0.25, -0.2) is 0 Å². The summed E-state index contributed by atoms with van der Waals surface area (Å²) in [6, 6.07) is 3.84. The van der Waals surface area contributed by atoms with Gasteiger partial charge in [-0.05, 0) is 25.0 Å². The SMILES string of the molecule is COc1cc2cnnc(N3CCC(O)CC3)c2cc1OC. The maximum Gasteiger partial charge on any atom is 0.161 e. The second-order valence-electron chi connectivity index (χ2n) is 5.18. The molecule has 21 heavy (non-hydrogen) atoms. The van der Waals surface area contributed by atoms with E-state index in [0.29, 0.717) is 11.5 Å². The lowest BCUT2D eigenvalue weighted by atomic mass is 10.1. The third kappa shape index (κ3) is 2.58. The summed E-state index contributed by atoms with van der Waals surface area (Å²) < 4.78 is 10.7. The van der Waals surface area contributed by atoms with Gasteiger partial charge in [0.05, 0.1) is 26.5 Å². The fourth-order valence-electron chi connectivity index (χ4n) is 2.71. The van der Waals surface area contributed by atoms with Crippen molar-refractivity contribution in [3.8, 4) is 11.5 Å². The van der Waals surface area contributed by atoms with Crippen LogP contribution in [0, 0.1) is 0 Å². The van der Waals surface area contributed by atoms with E-state index >= 15 is 0 Å². The lowest BCUT2D eigenvalue weighted by molar-refractivity contribution is 0.145. The molecule has 1 fully saturated rings. The van der Waals surface area contributed by atoms with Crippen molar-refractivity contribution in [1.29, 1.82) is 0 Å². The summed E-state index contributed by atoms with van der Waals surface area (Å²) in [7, 11) is 3.24. The minimum Gasteiger partial charge on any atom is -0.493 e. The third-order valence-electron chi connectivity index (χ3n) is 3.91. The Hall–Kier alpha value is -2.08. The van der Waals surface area contributed by atoms with Gasteiger partial charge in [0, 0.05) is 23.9 Å². The molecule has 0 amide bonds. The van der Waals surface area contributed by atoms with Crippen LogP contribution in [0.15, 0.2) is 18.3 Å². The zero-order valence-corrected chi connectivity index (χ0v) is 12.2. The molecule has 1 N–H and O–H groups in total. The molecule has 2 aromatic rings. The van der Waals surface area contributed by atoms with Gasteiger partial charge in [0.1, 0.15) is 0 Å². The molecule has 0 aliphatic carbocycles. The van der Waals surface area contributed by atoms with Crippen molar-refractivity contribution >= 4 is 16.6 Å². The molecular formula is C15H19N3O3. The quantitative estimate of drug-likeness (QED) is 0.926. The minimum absolute atomic E-state index is 0.209. The number of piperidine rings is 1. The molecule has 1 saturated heterocycles. The number of fused-ring (bicyclic) bond motifs is 1. The number of benzene rings is 1. The molecular weight excluding hydrogens is 270 g/mol. The number of nitrogens with zero attached hydrogens (tertiary/aromatic N) is 3. The van der Waals surface area contributed by atoms with Gasteiger partial charge in [0.25, 0.3) is 0 Å². The minimum atomic E-state index is -0.209. The maximum absolute atomic E-state index is 9.64. The Balaban J connectivity index is 2.06. The molecule has 112 valence electrons. The van der Waals surface area contributed by atoms with Crippen LogP contribution in [-0.2, 0) is 0 Å². The van der Waals surface area contributed by atoms with E-state index in [2.05, 4.69) is 15.1 Å². The van der Waals surface area contributed by atoms with Gasteiger partial charge in [-0.2, -0.15) is 5.10 Å². The van der Waals surface area contributed by atoms with Gasteiger partial charge >= 0.3 is 0 Å². The first kappa shape index (κ1) is 13.9. The average molecular weight is 289 g/mol. The Kier molecular flexibility index (Phi) is 3.79. The number of rotatable bonds is 3. The van der Waals surface area contributed by atoms with Crippen LogP contribution in [0.5, 0.6) is 11.5 Å². The Morgan fingerprint density at radius 2 is 1.81 bits per heavy atom. The van der Waals surface area contributed by atoms with E-state index in [4.69, 9.17) is 9.47 Å². The monoisotopic (exact) mass is 289 g/mol. The second kappa shape index (κ2) is 5.73.